The molecule has 0 spiro atoms. The topological polar surface area (TPSA) is 74.6 Å². The van der Waals surface area contributed by atoms with Crippen LogP contribution in [0.25, 0.3) is 0 Å². The van der Waals surface area contributed by atoms with Crippen molar-refractivity contribution in [3.8, 4) is 11.8 Å². The van der Waals surface area contributed by atoms with E-state index in [2.05, 4.69) is 23.3 Å². The number of rotatable bonds is 7. The number of nitrogens with zero attached hydrogens (tertiary/aromatic N) is 2. The van der Waals surface area contributed by atoms with E-state index in [1.54, 1.807) is 12.1 Å². The van der Waals surface area contributed by atoms with E-state index in [1.807, 2.05) is 36.4 Å². The van der Waals surface area contributed by atoms with Crippen LogP contribution in [0.2, 0.25) is 0 Å². The van der Waals surface area contributed by atoms with Gasteiger partial charge in [-0.2, -0.15) is 5.26 Å². The average molecular weight is 393 g/mol. The van der Waals surface area contributed by atoms with Crippen LogP contribution in [0.3, 0.4) is 0 Å². The molecule has 0 saturated carbocycles. The Labute approximate surface area is 172 Å². The summed E-state index contributed by atoms with van der Waals surface area (Å²) in [6.07, 6.45) is 1.60. The molecule has 1 heterocycles. The van der Waals surface area contributed by atoms with E-state index in [9.17, 15) is 4.79 Å². The zero-order valence-corrected chi connectivity index (χ0v) is 16.9. The molecule has 1 aliphatic heterocycles. The molecule has 1 atom stereocenters. The minimum atomic E-state index is -0.689. The van der Waals surface area contributed by atoms with E-state index < -0.39 is 6.10 Å². The predicted molar refractivity (Wildman–Crippen MR) is 110 cm³/mol. The maximum absolute atomic E-state index is 12.6. The first kappa shape index (κ1) is 20.8. The molecule has 0 aliphatic carbocycles. The van der Waals surface area contributed by atoms with Gasteiger partial charge in [0.05, 0.1) is 11.6 Å². The van der Waals surface area contributed by atoms with E-state index in [-0.39, 0.29) is 12.0 Å². The van der Waals surface area contributed by atoms with Crippen LogP contribution in [0.5, 0.6) is 5.75 Å². The molecular weight excluding hydrogens is 366 g/mol. The Kier molecular flexibility index (Phi) is 7.23. The molecule has 152 valence electrons. The second-order valence-electron chi connectivity index (χ2n) is 7.33. The molecule has 6 heteroatoms. The van der Waals surface area contributed by atoms with Gasteiger partial charge in [0, 0.05) is 26.7 Å². The minimum absolute atomic E-state index is 0.208. The third kappa shape index (κ3) is 5.80. The molecule has 1 aliphatic rings. The monoisotopic (exact) mass is 393 g/mol. The second kappa shape index (κ2) is 10.1. The van der Waals surface area contributed by atoms with E-state index in [0.717, 1.165) is 42.8 Å². The first-order chi connectivity index (χ1) is 14.1. The second-order valence-corrected chi connectivity index (χ2v) is 7.33. The van der Waals surface area contributed by atoms with Crippen LogP contribution in [-0.2, 0) is 16.1 Å². The maximum Gasteiger partial charge on any atom is 0.254 e. The third-order valence-electron chi connectivity index (χ3n) is 5.17. The summed E-state index contributed by atoms with van der Waals surface area (Å²) in [5, 5.41) is 11.7. The summed E-state index contributed by atoms with van der Waals surface area (Å²) in [7, 11) is 3.65. The van der Waals surface area contributed by atoms with Crippen LogP contribution < -0.4 is 10.1 Å². The third-order valence-corrected chi connectivity index (χ3v) is 5.17. The van der Waals surface area contributed by atoms with Crippen molar-refractivity contribution in [2.75, 3.05) is 27.2 Å². The molecular formula is C23H27N3O3. The van der Waals surface area contributed by atoms with E-state index in [0.29, 0.717) is 12.1 Å². The number of amides is 1. The zero-order valence-electron chi connectivity index (χ0n) is 16.9. The van der Waals surface area contributed by atoms with Crippen LogP contribution in [0.1, 0.15) is 35.6 Å². The number of carbonyl (C=O) groups is 1. The van der Waals surface area contributed by atoms with Gasteiger partial charge in [-0.3, -0.25) is 4.79 Å². The van der Waals surface area contributed by atoms with E-state index in [1.165, 1.54) is 7.11 Å². The largest absolute Gasteiger partial charge is 0.490 e. The quantitative estimate of drug-likeness (QED) is 0.783. The Bertz CT molecular complexity index is 835. The molecule has 2 aromatic carbocycles. The number of carbonyl (C=O) groups excluding carboxylic acids is 1. The van der Waals surface area contributed by atoms with Gasteiger partial charge in [0.15, 0.2) is 6.10 Å². The molecule has 29 heavy (non-hydrogen) atoms. The molecule has 0 bridgehead atoms. The van der Waals surface area contributed by atoms with Gasteiger partial charge < -0.3 is 19.7 Å². The molecule has 6 nitrogen and oxygen atoms in total. The summed E-state index contributed by atoms with van der Waals surface area (Å²) in [5.74, 6) is 0.608. The predicted octanol–water partition coefficient (Wildman–Crippen LogP) is 3.04. The van der Waals surface area contributed by atoms with Gasteiger partial charge >= 0.3 is 0 Å². The van der Waals surface area contributed by atoms with Crippen LogP contribution in [0, 0.1) is 11.3 Å². The number of benzene rings is 2. The lowest BCUT2D eigenvalue weighted by Gasteiger charge is -2.29. The fourth-order valence-electron chi connectivity index (χ4n) is 3.39. The number of nitrogens with one attached hydrogen (secondary N) is 1. The van der Waals surface area contributed by atoms with Gasteiger partial charge in [-0.15, -0.1) is 0 Å². The fourth-order valence-corrected chi connectivity index (χ4v) is 3.39. The van der Waals surface area contributed by atoms with Gasteiger partial charge in [-0.05, 0) is 55.3 Å². The highest BCUT2D eigenvalue weighted by atomic mass is 16.5. The lowest BCUT2D eigenvalue weighted by Crippen LogP contribution is -2.35. The molecule has 1 fully saturated rings. The lowest BCUT2D eigenvalue weighted by molar-refractivity contribution is -0.131. The summed E-state index contributed by atoms with van der Waals surface area (Å²) in [5.41, 5.74) is 2.30. The van der Waals surface area contributed by atoms with E-state index >= 15 is 0 Å². The van der Waals surface area contributed by atoms with Crippen molar-refractivity contribution in [2.24, 2.45) is 0 Å². The summed E-state index contributed by atoms with van der Waals surface area (Å²) in [4.78, 5) is 14.9. The van der Waals surface area contributed by atoms with Gasteiger partial charge in [0.2, 0.25) is 0 Å². The van der Waals surface area contributed by atoms with Gasteiger partial charge in [0.25, 0.3) is 5.91 Å². The summed E-state index contributed by atoms with van der Waals surface area (Å²) in [6, 6.07) is 16.7. The summed E-state index contributed by atoms with van der Waals surface area (Å²) >= 11 is 0. The smallest absolute Gasteiger partial charge is 0.254 e. The van der Waals surface area contributed by atoms with Crippen LogP contribution >= 0.6 is 0 Å². The Morgan fingerprint density at radius 3 is 2.41 bits per heavy atom. The molecule has 3 rings (SSSR count). The first-order valence-electron chi connectivity index (χ1n) is 9.83. The van der Waals surface area contributed by atoms with Crippen molar-refractivity contribution in [3.63, 3.8) is 0 Å². The molecule has 0 radical (unpaired) electrons. The number of likely N-dealkylation sites (tertiary alicyclic amines) is 1. The van der Waals surface area contributed by atoms with Gasteiger partial charge in [-0.25, -0.2) is 0 Å². The number of ether oxygens (including phenoxy) is 2. The van der Waals surface area contributed by atoms with Crippen LogP contribution in [0.15, 0.2) is 48.5 Å². The molecule has 0 aromatic heterocycles. The first-order valence-corrected chi connectivity index (χ1v) is 9.83. The van der Waals surface area contributed by atoms with Crippen molar-refractivity contribution in [1.29, 1.82) is 5.26 Å². The van der Waals surface area contributed by atoms with Crippen molar-refractivity contribution in [1.82, 2.24) is 10.2 Å². The fraction of sp³-hybridized carbons (Fsp3) is 0.391. The molecule has 1 N–H and O–H groups in total. The van der Waals surface area contributed by atoms with Crippen molar-refractivity contribution >= 4 is 5.91 Å². The minimum Gasteiger partial charge on any atom is -0.490 e. The number of hydrogen-bond donors (Lipinski definition) is 1. The summed E-state index contributed by atoms with van der Waals surface area (Å²) in [6.45, 7) is 2.48. The lowest BCUT2D eigenvalue weighted by atomic mass is 10.1. The van der Waals surface area contributed by atoms with Gasteiger partial charge in [-0.1, -0.05) is 24.3 Å². The molecule has 1 saturated heterocycles. The highest BCUT2D eigenvalue weighted by Gasteiger charge is 2.21. The zero-order chi connectivity index (χ0) is 20.6. The number of piperidine rings is 1. The Morgan fingerprint density at radius 1 is 1.17 bits per heavy atom. The standard InChI is InChI=1S/C23H27N3O3/c1-26-13-11-21(12-14-26)29-20-9-7-19(8-10-20)22(28-2)23(27)25-16-18-5-3-17(15-24)4-6-18/h3-10,21-22H,11-14,16H2,1-2H3,(H,25,27). The van der Waals surface area contributed by atoms with Crippen molar-refractivity contribution in [2.45, 2.75) is 31.6 Å². The Balaban J connectivity index is 1.55. The number of hydrogen-bond acceptors (Lipinski definition) is 5. The van der Waals surface area contributed by atoms with E-state index in [4.69, 9.17) is 14.7 Å². The Hall–Kier alpha value is -2.88. The average Bonchev–Trinajstić information content (AvgIpc) is 2.76. The molecule has 1 unspecified atom stereocenters. The van der Waals surface area contributed by atoms with Crippen molar-refractivity contribution in [3.05, 3.63) is 65.2 Å². The normalized spacial score (nSPS) is 16.0. The highest BCUT2D eigenvalue weighted by molar-refractivity contribution is 5.82. The molecule has 2 aromatic rings. The number of nitriles is 1. The van der Waals surface area contributed by atoms with Gasteiger partial charge in [0.1, 0.15) is 11.9 Å². The SMILES string of the molecule is COC(C(=O)NCc1ccc(C#N)cc1)c1ccc(OC2CCN(C)CC2)cc1. The highest BCUT2D eigenvalue weighted by Crippen LogP contribution is 2.23. The molecule has 1 amide bonds. The Morgan fingerprint density at radius 2 is 1.83 bits per heavy atom. The number of methoxy groups -OCH3 is 1. The van der Waals surface area contributed by atoms with Crippen LogP contribution in [-0.4, -0.2) is 44.2 Å². The summed E-state index contributed by atoms with van der Waals surface area (Å²) < 4.78 is 11.5. The maximum atomic E-state index is 12.6. The van der Waals surface area contributed by atoms with Crippen LogP contribution in [0.4, 0.5) is 0 Å². The van der Waals surface area contributed by atoms with Crippen molar-refractivity contribution < 1.29 is 14.3 Å².